The number of carbonyl (C=O) groups is 1. The van der Waals surface area contributed by atoms with Crippen LogP contribution >= 0.6 is 0 Å². The van der Waals surface area contributed by atoms with Crippen LogP contribution in [0.4, 0.5) is 4.39 Å². The number of para-hydroxylation sites is 1. The summed E-state index contributed by atoms with van der Waals surface area (Å²) < 4.78 is 18.8. The van der Waals surface area contributed by atoms with E-state index in [1.165, 1.54) is 12.5 Å². The molecule has 1 amide bonds. The van der Waals surface area contributed by atoms with E-state index < -0.39 is 0 Å². The molecule has 5 heteroatoms. The molecule has 2 aliphatic carbocycles. The van der Waals surface area contributed by atoms with Crippen LogP contribution in [0.5, 0.6) is 5.75 Å². The molecule has 3 N–H and O–H groups in total. The zero-order valence-electron chi connectivity index (χ0n) is 13.3. The average molecular weight is 320 g/mol. The third-order valence-electron chi connectivity index (χ3n) is 5.28. The summed E-state index contributed by atoms with van der Waals surface area (Å²) in [6.07, 6.45) is 5.35. The number of amides is 1. The summed E-state index contributed by atoms with van der Waals surface area (Å²) in [7, 11) is 0. The second-order valence-corrected chi connectivity index (χ2v) is 6.77. The van der Waals surface area contributed by atoms with Crippen molar-refractivity contribution in [3.05, 3.63) is 30.1 Å². The minimum Gasteiger partial charge on any atom is -0.489 e. The number of ether oxygens (including phenoxy) is 1. The van der Waals surface area contributed by atoms with E-state index in [9.17, 15) is 9.18 Å². The first-order valence-electron chi connectivity index (χ1n) is 8.55. The smallest absolute Gasteiger partial charge is 0.223 e. The lowest BCUT2D eigenvalue weighted by molar-refractivity contribution is -0.128. The quantitative estimate of drug-likeness (QED) is 0.819. The third kappa shape index (κ3) is 3.83. The van der Waals surface area contributed by atoms with Crippen LogP contribution in [-0.2, 0) is 4.79 Å². The highest BCUT2D eigenvalue weighted by molar-refractivity contribution is 5.78. The van der Waals surface area contributed by atoms with Crippen LogP contribution in [0, 0.1) is 23.6 Å². The van der Waals surface area contributed by atoms with Crippen LogP contribution in [0.3, 0.4) is 0 Å². The Morgan fingerprint density at radius 2 is 1.96 bits per heavy atom. The van der Waals surface area contributed by atoms with E-state index in [1.54, 1.807) is 18.2 Å². The second-order valence-electron chi connectivity index (χ2n) is 6.77. The molecule has 2 bridgehead atoms. The molecule has 0 radical (unpaired) electrons. The summed E-state index contributed by atoms with van der Waals surface area (Å²) in [5, 5.41) is 2.92. The van der Waals surface area contributed by atoms with Gasteiger partial charge in [0.2, 0.25) is 5.91 Å². The highest BCUT2D eigenvalue weighted by atomic mass is 19.1. The molecule has 1 aromatic rings. The van der Waals surface area contributed by atoms with Gasteiger partial charge in [0.15, 0.2) is 11.6 Å². The maximum absolute atomic E-state index is 13.4. The third-order valence-corrected chi connectivity index (χ3v) is 5.28. The summed E-state index contributed by atoms with van der Waals surface area (Å²) >= 11 is 0. The van der Waals surface area contributed by atoms with Gasteiger partial charge in [-0.1, -0.05) is 18.6 Å². The topological polar surface area (TPSA) is 64.4 Å². The number of benzene rings is 1. The molecular formula is C18H25FN2O2. The van der Waals surface area contributed by atoms with E-state index in [1.807, 2.05) is 0 Å². The minimum absolute atomic E-state index is 0.0681. The number of hydrogen-bond donors (Lipinski definition) is 2. The first kappa shape index (κ1) is 16.2. The van der Waals surface area contributed by atoms with Crippen LogP contribution in [0.2, 0.25) is 0 Å². The Morgan fingerprint density at radius 1 is 1.26 bits per heavy atom. The maximum Gasteiger partial charge on any atom is 0.223 e. The largest absolute Gasteiger partial charge is 0.489 e. The molecule has 23 heavy (non-hydrogen) atoms. The molecule has 0 heterocycles. The van der Waals surface area contributed by atoms with Crippen molar-refractivity contribution in [1.29, 1.82) is 0 Å². The van der Waals surface area contributed by atoms with Gasteiger partial charge in [-0.05, 0) is 49.7 Å². The van der Waals surface area contributed by atoms with Gasteiger partial charge >= 0.3 is 0 Å². The van der Waals surface area contributed by atoms with Gasteiger partial charge in [0.25, 0.3) is 0 Å². The summed E-state index contributed by atoms with van der Waals surface area (Å²) in [5.41, 5.74) is 6.26. The molecule has 2 saturated carbocycles. The van der Waals surface area contributed by atoms with E-state index in [0.29, 0.717) is 18.4 Å². The van der Waals surface area contributed by atoms with Crippen molar-refractivity contribution < 1.29 is 13.9 Å². The molecule has 0 spiro atoms. The Bertz CT molecular complexity index is 538. The maximum atomic E-state index is 13.4. The zero-order chi connectivity index (χ0) is 16.2. The van der Waals surface area contributed by atoms with Crippen LogP contribution < -0.4 is 15.8 Å². The first-order valence-corrected chi connectivity index (χ1v) is 8.55. The van der Waals surface area contributed by atoms with Gasteiger partial charge in [0.1, 0.15) is 6.61 Å². The van der Waals surface area contributed by atoms with Crippen LogP contribution in [0.25, 0.3) is 0 Å². The second kappa shape index (κ2) is 7.30. The van der Waals surface area contributed by atoms with Gasteiger partial charge < -0.3 is 15.8 Å². The van der Waals surface area contributed by atoms with Crippen molar-refractivity contribution in [3.63, 3.8) is 0 Å². The van der Waals surface area contributed by atoms with Crippen LogP contribution in [0.15, 0.2) is 24.3 Å². The Kier molecular flexibility index (Phi) is 5.16. The minimum atomic E-state index is -0.382. The molecule has 2 atom stereocenters. The number of hydrogen-bond acceptors (Lipinski definition) is 3. The molecule has 126 valence electrons. The fourth-order valence-corrected chi connectivity index (χ4v) is 4.04. The van der Waals surface area contributed by atoms with Crippen molar-refractivity contribution in [2.24, 2.45) is 23.5 Å². The van der Waals surface area contributed by atoms with E-state index in [-0.39, 0.29) is 36.0 Å². The molecule has 2 unspecified atom stereocenters. The lowest BCUT2D eigenvalue weighted by Gasteiger charge is -2.43. The highest BCUT2D eigenvalue weighted by Gasteiger charge is 2.40. The first-order chi connectivity index (χ1) is 11.1. The zero-order valence-corrected chi connectivity index (χ0v) is 13.3. The van der Waals surface area contributed by atoms with Gasteiger partial charge in [-0.3, -0.25) is 4.79 Å². The van der Waals surface area contributed by atoms with E-state index in [0.717, 1.165) is 25.7 Å². The van der Waals surface area contributed by atoms with Crippen molar-refractivity contribution in [1.82, 2.24) is 5.32 Å². The SMILES string of the molecule is NC1C2CCCC1CC(C(=O)NCCOc1ccccc1F)C2. The Labute approximate surface area is 136 Å². The molecular weight excluding hydrogens is 295 g/mol. The lowest BCUT2D eigenvalue weighted by Crippen LogP contribution is -2.49. The summed E-state index contributed by atoms with van der Waals surface area (Å²) in [6.45, 7) is 0.664. The standard InChI is InChI=1S/C18H25FN2O2/c19-15-6-1-2-7-16(15)23-9-8-21-18(22)14-10-12-4-3-5-13(11-14)17(12)20/h1-2,6-7,12-14,17H,3-5,8-11,20H2,(H,21,22). The van der Waals surface area contributed by atoms with E-state index in [4.69, 9.17) is 10.5 Å². The van der Waals surface area contributed by atoms with Gasteiger partial charge in [-0.25, -0.2) is 4.39 Å². The normalized spacial score (nSPS) is 29.8. The summed E-state index contributed by atoms with van der Waals surface area (Å²) in [6, 6.07) is 6.56. The summed E-state index contributed by atoms with van der Waals surface area (Å²) in [4.78, 5) is 12.3. The molecule has 0 saturated heterocycles. The number of halogens is 1. The molecule has 4 nitrogen and oxygen atoms in total. The van der Waals surface area contributed by atoms with E-state index in [2.05, 4.69) is 5.32 Å². The Morgan fingerprint density at radius 3 is 2.65 bits per heavy atom. The van der Waals surface area contributed by atoms with E-state index >= 15 is 0 Å². The average Bonchev–Trinajstić information content (AvgIpc) is 2.52. The predicted molar refractivity (Wildman–Crippen MR) is 86.4 cm³/mol. The van der Waals surface area contributed by atoms with Gasteiger partial charge in [0, 0.05) is 12.0 Å². The molecule has 3 rings (SSSR count). The van der Waals surface area contributed by atoms with Crippen molar-refractivity contribution in [3.8, 4) is 5.75 Å². The van der Waals surface area contributed by atoms with Crippen molar-refractivity contribution in [2.45, 2.75) is 38.1 Å². The highest BCUT2D eigenvalue weighted by Crippen LogP contribution is 2.41. The molecule has 2 aliphatic rings. The van der Waals surface area contributed by atoms with Gasteiger partial charge in [0.05, 0.1) is 6.54 Å². The van der Waals surface area contributed by atoms with Crippen LogP contribution in [-0.4, -0.2) is 25.1 Å². The molecule has 0 aromatic heterocycles. The van der Waals surface area contributed by atoms with Gasteiger partial charge in [-0.2, -0.15) is 0 Å². The number of nitrogens with two attached hydrogens (primary N) is 1. The van der Waals surface area contributed by atoms with Gasteiger partial charge in [-0.15, -0.1) is 0 Å². The Balaban J connectivity index is 1.42. The predicted octanol–water partition coefficient (Wildman–Crippen LogP) is 2.47. The van der Waals surface area contributed by atoms with Crippen molar-refractivity contribution in [2.75, 3.05) is 13.2 Å². The lowest BCUT2D eigenvalue weighted by atomic mass is 9.65. The molecule has 0 aliphatic heterocycles. The number of fused-ring (bicyclic) bond motifs is 2. The van der Waals surface area contributed by atoms with Crippen LogP contribution in [0.1, 0.15) is 32.1 Å². The van der Waals surface area contributed by atoms with Crippen molar-refractivity contribution >= 4 is 5.91 Å². The number of rotatable bonds is 5. The molecule has 2 fully saturated rings. The molecule has 1 aromatic carbocycles. The number of carbonyl (C=O) groups excluding carboxylic acids is 1. The Hall–Kier alpha value is -1.62. The monoisotopic (exact) mass is 320 g/mol. The fraction of sp³-hybridized carbons (Fsp3) is 0.611. The fourth-order valence-electron chi connectivity index (χ4n) is 4.04. The summed E-state index contributed by atoms with van der Waals surface area (Å²) in [5.74, 6) is 0.984. The number of nitrogens with one attached hydrogen (secondary N) is 1.